The number of methoxy groups -OCH3 is 1. The van der Waals surface area contributed by atoms with Gasteiger partial charge in [0.25, 0.3) is 0 Å². The fourth-order valence-electron chi connectivity index (χ4n) is 2.05. The lowest BCUT2D eigenvalue weighted by atomic mass is 9.99. The van der Waals surface area contributed by atoms with Gasteiger partial charge in [-0.05, 0) is 24.1 Å². The van der Waals surface area contributed by atoms with Crippen LogP contribution < -0.4 is 15.2 Å². The lowest BCUT2D eigenvalue weighted by Crippen LogP contribution is -2.26. The second kappa shape index (κ2) is 6.43. The first-order valence-electron chi connectivity index (χ1n) is 6.41. The molecule has 0 amide bonds. The molecule has 1 aromatic rings. The molecule has 104 valence electrons. The van der Waals surface area contributed by atoms with Crippen LogP contribution in [0.25, 0.3) is 0 Å². The van der Waals surface area contributed by atoms with Crippen LogP contribution in [0.1, 0.15) is 12.0 Å². The zero-order valence-electron chi connectivity index (χ0n) is 11.1. The number of benzene rings is 1. The summed E-state index contributed by atoms with van der Waals surface area (Å²) >= 11 is 0. The summed E-state index contributed by atoms with van der Waals surface area (Å²) in [6.45, 7) is 1.58. The minimum Gasteiger partial charge on any atom is -0.490 e. The van der Waals surface area contributed by atoms with Crippen LogP contribution in [-0.4, -0.2) is 32.8 Å². The number of hydrogen-bond acceptors (Lipinski definition) is 5. The van der Waals surface area contributed by atoms with E-state index in [0.717, 1.165) is 23.5 Å². The van der Waals surface area contributed by atoms with Gasteiger partial charge in [0.1, 0.15) is 0 Å². The molecule has 0 radical (unpaired) electrons. The van der Waals surface area contributed by atoms with Crippen molar-refractivity contribution in [3.05, 3.63) is 23.8 Å². The Morgan fingerprint density at radius 3 is 2.79 bits per heavy atom. The Balaban J connectivity index is 2.12. The number of esters is 1. The maximum Gasteiger partial charge on any atom is 0.310 e. The molecule has 1 unspecified atom stereocenters. The minimum atomic E-state index is -0.324. The fourth-order valence-corrected chi connectivity index (χ4v) is 2.05. The molecule has 0 spiro atoms. The van der Waals surface area contributed by atoms with Crippen LogP contribution in [0.2, 0.25) is 0 Å². The molecule has 1 aliphatic rings. The van der Waals surface area contributed by atoms with E-state index in [0.29, 0.717) is 19.6 Å². The number of ether oxygens (including phenoxy) is 3. The van der Waals surface area contributed by atoms with Crippen molar-refractivity contribution in [3.8, 4) is 11.5 Å². The van der Waals surface area contributed by atoms with Crippen molar-refractivity contribution in [2.24, 2.45) is 11.7 Å². The van der Waals surface area contributed by atoms with Crippen molar-refractivity contribution in [2.45, 2.75) is 12.8 Å². The zero-order chi connectivity index (χ0) is 13.7. The molecule has 19 heavy (non-hydrogen) atoms. The van der Waals surface area contributed by atoms with Crippen molar-refractivity contribution in [3.63, 3.8) is 0 Å². The molecule has 0 saturated heterocycles. The minimum absolute atomic E-state index is 0.265. The first-order chi connectivity index (χ1) is 9.24. The predicted molar refractivity (Wildman–Crippen MR) is 70.3 cm³/mol. The largest absolute Gasteiger partial charge is 0.490 e. The Morgan fingerprint density at radius 1 is 1.37 bits per heavy atom. The van der Waals surface area contributed by atoms with Crippen molar-refractivity contribution in [1.29, 1.82) is 0 Å². The van der Waals surface area contributed by atoms with Crippen LogP contribution in [-0.2, 0) is 16.0 Å². The zero-order valence-corrected chi connectivity index (χ0v) is 11.1. The van der Waals surface area contributed by atoms with E-state index < -0.39 is 0 Å². The second-order valence-corrected chi connectivity index (χ2v) is 4.49. The number of fused-ring (bicyclic) bond motifs is 1. The highest BCUT2D eigenvalue weighted by Crippen LogP contribution is 2.31. The van der Waals surface area contributed by atoms with Crippen LogP contribution in [0.3, 0.4) is 0 Å². The van der Waals surface area contributed by atoms with Crippen molar-refractivity contribution in [2.75, 3.05) is 26.9 Å². The highest BCUT2D eigenvalue weighted by molar-refractivity contribution is 5.73. The first-order valence-corrected chi connectivity index (χ1v) is 6.41. The van der Waals surface area contributed by atoms with Crippen LogP contribution >= 0.6 is 0 Å². The van der Waals surface area contributed by atoms with E-state index in [-0.39, 0.29) is 18.4 Å². The van der Waals surface area contributed by atoms with Gasteiger partial charge in [-0.15, -0.1) is 0 Å². The van der Waals surface area contributed by atoms with Gasteiger partial charge in [-0.1, -0.05) is 6.07 Å². The molecule has 5 nitrogen and oxygen atoms in total. The van der Waals surface area contributed by atoms with E-state index in [4.69, 9.17) is 19.9 Å². The number of hydrogen-bond donors (Lipinski definition) is 1. The normalized spacial score (nSPS) is 15.5. The molecule has 0 aliphatic carbocycles. The highest BCUT2D eigenvalue weighted by Gasteiger charge is 2.19. The van der Waals surface area contributed by atoms with Crippen molar-refractivity contribution < 1.29 is 19.0 Å². The van der Waals surface area contributed by atoms with E-state index in [1.54, 1.807) is 0 Å². The summed E-state index contributed by atoms with van der Waals surface area (Å²) in [5.74, 6) is 0.878. The first kappa shape index (κ1) is 13.7. The molecule has 1 atom stereocenters. The van der Waals surface area contributed by atoms with Gasteiger partial charge in [0.05, 0.1) is 26.2 Å². The van der Waals surface area contributed by atoms with E-state index in [9.17, 15) is 4.79 Å². The molecule has 0 aromatic heterocycles. The Kier molecular flexibility index (Phi) is 4.63. The van der Waals surface area contributed by atoms with Gasteiger partial charge < -0.3 is 19.9 Å². The van der Waals surface area contributed by atoms with E-state index in [2.05, 4.69) is 0 Å². The molecule has 5 heteroatoms. The Hall–Kier alpha value is -1.75. The smallest absolute Gasteiger partial charge is 0.310 e. The van der Waals surface area contributed by atoms with Gasteiger partial charge >= 0.3 is 5.97 Å². The summed E-state index contributed by atoms with van der Waals surface area (Å²) in [6, 6.07) is 5.71. The van der Waals surface area contributed by atoms with Gasteiger partial charge in [-0.2, -0.15) is 0 Å². The third-order valence-corrected chi connectivity index (χ3v) is 3.11. The summed E-state index contributed by atoms with van der Waals surface area (Å²) in [5.41, 5.74) is 6.59. The van der Waals surface area contributed by atoms with Gasteiger partial charge in [0.15, 0.2) is 11.5 Å². The molecule has 1 aliphatic heterocycles. The predicted octanol–water partition coefficient (Wildman–Crippen LogP) is 1.14. The lowest BCUT2D eigenvalue weighted by Gasteiger charge is -2.14. The third-order valence-electron chi connectivity index (χ3n) is 3.11. The molecule has 1 heterocycles. The second-order valence-electron chi connectivity index (χ2n) is 4.49. The maximum absolute atomic E-state index is 11.5. The summed E-state index contributed by atoms with van der Waals surface area (Å²) in [5, 5.41) is 0. The van der Waals surface area contributed by atoms with Crippen LogP contribution in [0.5, 0.6) is 11.5 Å². The van der Waals surface area contributed by atoms with Crippen LogP contribution in [0.15, 0.2) is 18.2 Å². The molecular formula is C14H19NO4. The monoisotopic (exact) mass is 265 g/mol. The summed E-state index contributed by atoms with van der Waals surface area (Å²) in [6.07, 6.45) is 1.41. The summed E-state index contributed by atoms with van der Waals surface area (Å²) in [7, 11) is 1.37. The molecule has 0 bridgehead atoms. The van der Waals surface area contributed by atoms with Gasteiger partial charge in [-0.3, -0.25) is 4.79 Å². The quantitative estimate of drug-likeness (QED) is 0.827. The van der Waals surface area contributed by atoms with Gasteiger partial charge in [-0.25, -0.2) is 0 Å². The number of carbonyl (C=O) groups excluding carboxylic acids is 1. The van der Waals surface area contributed by atoms with Crippen molar-refractivity contribution >= 4 is 5.97 Å². The topological polar surface area (TPSA) is 70.8 Å². The Labute approximate surface area is 112 Å². The van der Waals surface area contributed by atoms with E-state index >= 15 is 0 Å². The standard InChI is InChI=1S/C14H19NO4/c1-17-14(16)11(9-15)7-10-3-4-12-13(8-10)19-6-2-5-18-12/h3-4,8,11H,2,5-7,9,15H2,1H3. The van der Waals surface area contributed by atoms with Crippen LogP contribution in [0, 0.1) is 5.92 Å². The molecule has 0 saturated carbocycles. The lowest BCUT2D eigenvalue weighted by molar-refractivity contribution is -0.145. The SMILES string of the molecule is COC(=O)C(CN)Cc1ccc2c(c1)OCCCO2. The summed E-state index contributed by atoms with van der Waals surface area (Å²) < 4.78 is 15.9. The van der Waals surface area contributed by atoms with E-state index in [1.165, 1.54) is 7.11 Å². The molecule has 1 aromatic carbocycles. The average Bonchev–Trinajstić information content (AvgIpc) is 2.68. The Morgan fingerprint density at radius 2 is 2.11 bits per heavy atom. The van der Waals surface area contributed by atoms with Gasteiger partial charge in [0, 0.05) is 13.0 Å². The van der Waals surface area contributed by atoms with Gasteiger partial charge in [0.2, 0.25) is 0 Å². The van der Waals surface area contributed by atoms with E-state index in [1.807, 2.05) is 18.2 Å². The maximum atomic E-state index is 11.5. The highest BCUT2D eigenvalue weighted by atomic mass is 16.5. The average molecular weight is 265 g/mol. The van der Waals surface area contributed by atoms with Crippen LogP contribution in [0.4, 0.5) is 0 Å². The molecule has 2 rings (SSSR count). The van der Waals surface area contributed by atoms with Crippen molar-refractivity contribution in [1.82, 2.24) is 0 Å². The summed E-state index contributed by atoms with van der Waals surface area (Å²) in [4.78, 5) is 11.5. The molecule has 0 fully saturated rings. The Bertz CT molecular complexity index is 447. The third kappa shape index (κ3) is 3.38. The fraction of sp³-hybridized carbons (Fsp3) is 0.500. The number of rotatable bonds is 4. The number of nitrogens with two attached hydrogens (primary N) is 1. The molecule has 2 N–H and O–H groups in total. The molecular weight excluding hydrogens is 246 g/mol. The number of carbonyl (C=O) groups is 1.